The SMILES string of the molecule is CCCCCC[Si]1(CCCCCC)c2cc(C)sc2-c2sc(Cc3nc4c(s3)-c3sc(C)nc3[Si]4(CCCCCC)CCCCCC)cc21. The standard InChI is InChI=1S/C41H62N2S4Si2/c1-7-11-15-19-23-48(24-20-16-12-8-2)33-27-30(5)44-36(33)37-34(48)28-32(46-37)29-35-43-41-39(47-35)38-40(42-31(6)45-38)49(41,25-21-17-13-9-3)26-22-18-14-10-4/h27-28H,7-26,29H2,1-6H3. The number of hydrogen-bond donors (Lipinski definition) is 0. The monoisotopic (exact) mass is 766 g/mol. The smallest absolute Gasteiger partial charge is 0.168 e. The molecule has 0 spiro atoms. The summed E-state index contributed by atoms with van der Waals surface area (Å²) < 4.78 is 0. The molecule has 0 aliphatic carbocycles. The van der Waals surface area contributed by atoms with Gasteiger partial charge in [-0.05, 0) is 60.5 Å². The molecule has 0 radical (unpaired) electrons. The zero-order chi connectivity index (χ0) is 34.4. The Morgan fingerprint density at radius 3 is 1.55 bits per heavy atom. The molecular formula is C41H62N2S4Si2. The highest BCUT2D eigenvalue weighted by Gasteiger charge is 2.51. The Morgan fingerprint density at radius 2 is 0.980 bits per heavy atom. The second kappa shape index (κ2) is 17.3. The van der Waals surface area contributed by atoms with Crippen molar-refractivity contribution >= 4 is 82.5 Å². The summed E-state index contributed by atoms with van der Waals surface area (Å²) in [7, 11) is -3.71. The van der Waals surface area contributed by atoms with Gasteiger partial charge in [-0.15, -0.1) is 45.3 Å². The maximum Gasteiger partial charge on any atom is 0.168 e. The molecule has 0 aromatic carbocycles. The molecule has 2 nitrogen and oxygen atoms in total. The van der Waals surface area contributed by atoms with E-state index < -0.39 is 16.1 Å². The summed E-state index contributed by atoms with van der Waals surface area (Å²) in [5, 5.41) is 9.36. The van der Waals surface area contributed by atoms with Crippen molar-refractivity contribution in [3.8, 4) is 19.5 Å². The second-order valence-electron chi connectivity index (χ2n) is 15.3. The summed E-state index contributed by atoms with van der Waals surface area (Å²) in [5.41, 5.74) is 0. The van der Waals surface area contributed by atoms with Gasteiger partial charge in [-0.3, -0.25) is 4.98 Å². The average Bonchev–Trinajstić information content (AvgIpc) is 3.92. The van der Waals surface area contributed by atoms with E-state index in [9.17, 15) is 0 Å². The summed E-state index contributed by atoms with van der Waals surface area (Å²) in [5.74, 6) is 0. The van der Waals surface area contributed by atoms with Gasteiger partial charge in [-0.1, -0.05) is 130 Å². The van der Waals surface area contributed by atoms with Gasteiger partial charge in [0.25, 0.3) is 0 Å². The van der Waals surface area contributed by atoms with E-state index in [0.29, 0.717) is 0 Å². The van der Waals surface area contributed by atoms with Crippen LogP contribution in [0.4, 0.5) is 0 Å². The first-order valence-electron chi connectivity index (χ1n) is 20.1. The lowest BCUT2D eigenvalue weighted by Gasteiger charge is -2.29. The first-order chi connectivity index (χ1) is 23.9. The van der Waals surface area contributed by atoms with Crippen LogP contribution in [0.2, 0.25) is 24.2 Å². The molecule has 2 aliphatic heterocycles. The number of nitrogens with zero attached hydrogens (tertiary/aromatic N) is 2. The van der Waals surface area contributed by atoms with Crippen molar-refractivity contribution < 1.29 is 0 Å². The Morgan fingerprint density at radius 1 is 0.490 bits per heavy atom. The van der Waals surface area contributed by atoms with Gasteiger partial charge in [0.2, 0.25) is 0 Å². The van der Waals surface area contributed by atoms with Gasteiger partial charge in [0.15, 0.2) is 8.07 Å². The van der Waals surface area contributed by atoms with Crippen LogP contribution in [-0.2, 0) is 6.42 Å². The predicted molar refractivity (Wildman–Crippen MR) is 229 cm³/mol. The minimum atomic E-state index is -1.95. The third kappa shape index (κ3) is 7.76. The molecule has 0 saturated carbocycles. The molecule has 6 rings (SSSR count). The van der Waals surface area contributed by atoms with Crippen LogP contribution in [0.15, 0.2) is 12.1 Å². The van der Waals surface area contributed by atoms with Crippen molar-refractivity contribution in [2.24, 2.45) is 0 Å². The summed E-state index contributed by atoms with van der Waals surface area (Å²) in [4.78, 5) is 20.6. The van der Waals surface area contributed by atoms with Gasteiger partial charge in [0, 0.05) is 25.9 Å². The molecule has 0 unspecified atom stereocenters. The zero-order valence-corrected chi connectivity index (χ0v) is 36.8. The first-order valence-corrected chi connectivity index (χ1v) is 28.2. The van der Waals surface area contributed by atoms with Crippen LogP contribution in [0.5, 0.6) is 0 Å². The molecule has 0 saturated heterocycles. The van der Waals surface area contributed by atoms with E-state index in [0.717, 1.165) is 6.42 Å². The van der Waals surface area contributed by atoms with Crippen molar-refractivity contribution in [1.82, 2.24) is 9.97 Å². The lowest BCUT2D eigenvalue weighted by molar-refractivity contribution is 0.684. The fourth-order valence-corrected chi connectivity index (χ4v) is 27.2. The molecule has 49 heavy (non-hydrogen) atoms. The molecule has 6 heterocycles. The van der Waals surface area contributed by atoms with Crippen LogP contribution < -0.4 is 21.0 Å². The largest absolute Gasteiger partial charge is 0.250 e. The number of rotatable bonds is 22. The lowest BCUT2D eigenvalue weighted by Crippen LogP contribution is -2.56. The Labute approximate surface area is 316 Å². The van der Waals surface area contributed by atoms with Gasteiger partial charge in [0.05, 0.1) is 30.4 Å². The van der Waals surface area contributed by atoms with E-state index in [1.807, 2.05) is 33.0 Å². The number of unbranched alkanes of at least 4 members (excludes halogenated alkanes) is 12. The van der Waals surface area contributed by atoms with Gasteiger partial charge in [0.1, 0.15) is 8.07 Å². The van der Waals surface area contributed by atoms with E-state index in [2.05, 4.69) is 76.3 Å². The summed E-state index contributed by atoms with van der Waals surface area (Å²) in [6.45, 7) is 14.0. The molecule has 0 fully saturated rings. The van der Waals surface area contributed by atoms with Gasteiger partial charge in [-0.25, -0.2) is 4.98 Å². The van der Waals surface area contributed by atoms with Crippen molar-refractivity contribution in [3.63, 3.8) is 0 Å². The number of fused-ring (bicyclic) bond motifs is 6. The minimum absolute atomic E-state index is 1.02. The van der Waals surface area contributed by atoms with E-state index in [1.165, 1.54) is 157 Å². The highest BCUT2D eigenvalue weighted by molar-refractivity contribution is 7.30. The highest BCUT2D eigenvalue weighted by Crippen LogP contribution is 2.45. The van der Waals surface area contributed by atoms with Crippen LogP contribution in [0.1, 0.15) is 150 Å². The molecule has 4 aromatic rings. The molecule has 0 bridgehead atoms. The number of thiophene rings is 2. The lowest BCUT2D eigenvalue weighted by atomic mass is 10.2. The van der Waals surface area contributed by atoms with Gasteiger partial charge in [-0.2, -0.15) is 0 Å². The van der Waals surface area contributed by atoms with Crippen LogP contribution in [0.3, 0.4) is 0 Å². The third-order valence-corrected chi connectivity index (χ3v) is 27.0. The fraction of sp³-hybridized carbons (Fsp3) is 0.659. The summed E-state index contributed by atoms with van der Waals surface area (Å²) in [6.07, 6.45) is 22.8. The van der Waals surface area contributed by atoms with Gasteiger partial charge < -0.3 is 0 Å². The number of thiazole rings is 2. The van der Waals surface area contributed by atoms with Crippen LogP contribution in [0, 0.1) is 13.8 Å². The molecule has 0 N–H and O–H groups in total. The normalized spacial score (nSPS) is 15.1. The number of hydrogen-bond acceptors (Lipinski definition) is 6. The molecular weight excluding hydrogens is 705 g/mol. The van der Waals surface area contributed by atoms with Gasteiger partial charge >= 0.3 is 0 Å². The minimum Gasteiger partial charge on any atom is -0.250 e. The topological polar surface area (TPSA) is 25.8 Å². The van der Waals surface area contributed by atoms with Crippen molar-refractivity contribution in [1.29, 1.82) is 0 Å². The van der Waals surface area contributed by atoms with Crippen molar-refractivity contribution in [3.05, 3.63) is 31.9 Å². The molecule has 4 aromatic heterocycles. The third-order valence-electron chi connectivity index (χ3n) is 11.5. The second-order valence-corrected chi connectivity index (χ2v) is 28.4. The van der Waals surface area contributed by atoms with E-state index in [4.69, 9.17) is 9.97 Å². The number of aryl methyl sites for hydroxylation is 2. The summed E-state index contributed by atoms with van der Waals surface area (Å²) >= 11 is 8.26. The highest BCUT2D eigenvalue weighted by atomic mass is 32.1. The number of aromatic nitrogens is 2. The average molecular weight is 767 g/mol. The molecule has 0 amide bonds. The fourth-order valence-electron chi connectivity index (χ4n) is 9.00. The van der Waals surface area contributed by atoms with E-state index >= 15 is 0 Å². The Bertz CT molecular complexity index is 1510. The first kappa shape index (κ1) is 37.8. The molecule has 268 valence electrons. The zero-order valence-electron chi connectivity index (χ0n) is 31.5. The molecule has 8 heteroatoms. The van der Waals surface area contributed by atoms with E-state index in [-0.39, 0.29) is 0 Å². The van der Waals surface area contributed by atoms with Crippen LogP contribution >= 0.6 is 45.3 Å². The van der Waals surface area contributed by atoms with Crippen molar-refractivity contribution in [2.45, 2.75) is 175 Å². The van der Waals surface area contributed by atoms with Crippen molar-refractivity contribution in [2.75, 3.05) is 0 Å². The Kier molecular flexibility index (Phi) is 13.3. The maximum atomic E-state index is 5.73. The quantitative estimate of drug-likeness (QED) is 0.0588. The van der Waals surface area contributed by atoms with Crippen LogP contribution in [-0.4, -0.2) is 26.1 Å². The maximum absolute atomic E-state index is 5.73. The predicted octanol–water partition coefficient (Wildman–Crippen LogP) is 12.3. The van der Waals surface area contributed by atoms with E-state index in [1.54, 1.807) is 19.9 Å². The van der Waals surface area contributed by atoms with Crippen LogP contribution in [0.25, 0.3) is 19.5 Å². The molecule has 2 aliphatic rings. The molecule has 0 atom stereocenters. The summed E-state index contributed by atoms with van der Waals surface area (Å²) in [6, 6.07) is 11.0. The Balaban J connectivity index is 1.33. The Hall–Kier alpha value is -0.906.